The monoisotopic (exact) mass is 290 g/mol. The molecule has 2 nitrogen and oxygen atoms in total. The van der Waals surface area contributed by atoms with Gasteiger partial charge in [0.25, 0.3) is 0 Å². The summed E-state index contributed by atoms with van der Waals surface area (Å²) in [5, 5.41) is 5.02. The Bertz CT molecular complexity index is 754. The van der Waals surface area contributed by atoms with Crippen LogP contribution in [0.1, 0.15) is 17.2 Å². The number of halogens is 2. The molecule has 20 heavy (non-hydrogen) atoms. The van der Waals surface area contributed by atoms with Crippen molar-refractivity contribution < 1.29 is 8.78 Å². The molecule has 0 amide bonds. The van der Waals surface area contributed by atoms with E-state index in [-0.39, 0.29) is 6.04 Å². The van der Waals surface area contributed by atoms with Crippen LogP contribution >= 0.6 is 11.3 Å². The van der Waals surface area contributed by atoms with E-state index in [0.29, 0.717) is 5.56 Å². The maximum absolute atomic E-state index is 13.9. The highest BCUT2D eigenvalue weighted by Gasteiger charge is 2.17. The number of hydrogen-bond acceptors (Lipinski definition) is 3. The molecule has 0 saturated carbocycles. The predicted octanol–water partition coefficient (Wildman–Crippen LogP) is 3.88. The standard InChI is InChI=1S/C15H12F2N2S/c1-18-15(11-3-2-10(16)7-12(11)17)9-6-14-13(19-8-9)4-5-20-14/h2-8,15,18H,1H3. The SMILES string of the molecule is CNC(c1cnc2ccsc2c1)c1ccc(F)cc1F. The molecule has 0 aliphatic rings. The van der Waals surface area contributed by atoms with Gasteiger partial charge in [-0.15, -0.1) is 11.3 Å². The maximum atomic E-state index is 13.9. The van der Waals surface area contributed by atoms with Crippen LogP contribution in [0.15, 0.2) is 41.9 Å². The van der Waals surface area contributed by atoms with Gasteiger partial charge in [-0.1, -0.05) is 6.07 Å². The lowest BCUT2D eigenvalue weighted by Crippen LogP contribution is -2.19. The first-order chi connectivity index (χ1) is 9.69. The van der Waals surface area contributed by atoms with Crippen molar-refractivity contribution in [1.82, 2.24) is 10.3 Å². The molecule has 3 aromatic rings. The van der Waals surface area contributed by atoms with Crippen molar-refractivity contribution in [3.63, 3.8) is 0 Å². The minimum absolute atomic E-state index is 0.352. The molecule has 2 heterocycles. The Hall–Kier alpha value is -1.85. The van der Waals surface area contributed by atoms with Crippen LogP contribution in [-0.4, -0.2) is 12.0 Å². The third kappa shape index (κ3) is 2.30. The number of thiophene rings is 1. The minimum atomic E-state index is -0.576. The number of nitrogens with zero attached hydrogens (tertiary/aromatic N) is 1. The lowest BCUT2D eigenvalue weighted by Gasteiger charge is -2.17. The number of pyridine rings is 1. The van der Waals surface area contributed by atoms with Gasteiger partial charge in [0.15, 0.2) is 0 Å². The molecule has 0 saturated heterocycles. The van der Waals surface area contributed by atoms with Crippen LogP contribution in [0, 0.1) is 11.6 Å². The Morgan fingerprint density at radius 1 is 1.20 bits per heavy atom. The van der Waals surface area contributed by atoms with E-state index in [4.69, 9.17) is 0 Å². The summed E-state index contributed by atoms with van der Waals surface area (Å²) in [5.41, 5.74) is 2.19. The second-order valence-electron chi connectivity index (χ2n) is 4.46. The summed E-state index contributed by atoms with van der Waals surface area (Å²) in [5.74, 6) is -1.14. The molecule has 0 aliphatic carbocycles. The van der Waals surface area contributed by atoms with Gasteiger partial charge >= 0.3 is 0 Å². The van der Waals surface area contributed by atoms with Gasteiger partial charge < -0.3 is 5.32 Å². The number of nitrogens with one attached hydrogen (secondary N) is 1. The second-order valence-corrected chi connectivity index (χ2v) is 5.41. The van der Waals surface area contributed by atoms with Crippen LogP contribution in [0.2, 0.25) is 0 Å². The molecule has 1 unspecified atom stereocenters. The average molecular weight is 290 g/mol. The fourth-order valence-corrected chi connectivity index (χ4v) is 3.05. The summed E-state index contributed by atoms with van der Waals surface area (Å²) in [6, 6.07) is 7.20. The molecule has 0 bridgehead atoms. The fraction of sp³-hybridized carbons (Fsp3) is 0.133. The van der Waals surface area contributed by atoms with E-state index >= 15 is 0 Å². The third-order valence-electron chi connectivity index (χ3n) is 3.22. The lowest BCUT2D eigenvalue weighted by molar-refractivity contribution is 0.551. The van der Waals surface area contributed by atoms with Crippen LogP contribution in [0.4, 0.5) is 8.78 Å². The van der Waals surface area contributed by atoms with Crippen molar-refractivity contribution in [3.8, 4) is 0 Å². The van der Waals surface area contributed by atoms with Gasteiger partial charge in [0.05, 0.1) is 16.3 Å². The quantitative estimate of drug-likeness (QED) is 0.791. The van der Waals surface area contributed by atoms with Gasteiger partial charge in [-0.05, 0) is 36.2 Å². The molecule has 0 aliphatic heterocycles. The minimum Gasteiger partial charge on any atom is -0.309 e. The van der Waals surface area contributed by atoms with E-state index in [1.54, 1.807) is 24.6 Å². The summed E-state index contributed by atoms with van der Waals surface area (Å²) in [6.45, 7) is 0. The van der Waals surface area contributed by atoms with E-state index in [2.05, 4.69) is 10.3 Å². The zero-order chi connectivity index (χ0) is 14.1. The number of hydrogen-bond donors (Lipinski definition) is 1. The van der Waals surface area contributed by atoms with Crippen LogP contribution in [0.25, 0.3) is 10.2 Å². The molecule has 3 rings (SSSR count). The van der Waals surface area contributed by atoms with Crippen molar-refractivity contribution in [2.24, 2.45) is 0 Å². The van der Waals surface area contributed by atoms with Gasteiger partial charge in [0.2, 0.25) is 0 Å². The average Bonchev–Trinajstić information content (AvgIpc) is 2.89. The van der Waals surface area contributed by atoms with E-state index in [9.17, 15) is 8.78 Å². The first kappa shape index (κ1) is 13.1. The normalized spacial score (nSPS) is 12.8. The summed E-state index contributed by atoms with van der Waals surface area (Å²) in [4.78, 5) is 4.36. The van der Waals surface area contributed by atoms with Crippen molar-refractivity contribution in [2.45, 2.75) is 6.04 Å². The number of fused-ring (bicyclic) bond motifs is 1. The van der Waals surface area contributed by atoms with Crippen molar-refractivity contribution in [2.75, 3.05) is 7.05 Å². The van der Waals surface area contributed by atoms with E-state index < -0.39 is 11.6 Å². The van der Waals surface area contributed by atoms with Gasteiger partial charge in [-0.25, -0.2) is 8.78 Å². The zero-order valence-electron chi connectivity index (χ0n) is 10.7. The van der Waals surface area contributed by atoms with Crippen LogP contribution < -0.4 is 5.32 Å². The molecular formula is C15H12F2N2S. The van der Waals surface area contributed by atoms with Gasteiger partial charge in [0, 0.05) is 17.8 Å². The third-order valence-corrected chi connectivity index (χ3v) is 4.07. The summed E-state index contributed by atoms with van der Waals surface area (Å²) in [6.07, 6.45) is 1.72. The largest absolute Gasteiger partial charge is 0.309 e. The highest BCUT2D eigenvalue weighted by atomic mass is 32.1. The molecule has 1 N–H and O–H groups in total. The Balaban J connectivity index is 2.08. The predicted molar refractivity (Wildman–Crippen MR) is 76.9 cm³/mol. The Morgan fingerprint density at radius 2 is 2.05 bits per heavy atom. The van der Waals surface area contributed by atoms with Crippen molar-refractivity contribution >= 4 is 21.6 Å². The first-order valence-electron chi connectivity index (χ1n) is 6.14. The molecule has 0 radical (unpaired) electrons. The van der Waals surface area contributed by atoms with Crippen LogP contribution in [-0.2, 0) is 0 Å². The summed E-state index contributed by atoms with van der Waals surface area (Å²) in [7, 11) is 1.74. The first-order valence-corrected chi connectivity index (χ1v) is 7.02. The summed E-state index contributed by atoms with van der Waals surface area (Å²) < 4.78 is 28.0. The Morgan fingerprint density at radius 3 is 2.80 bits per heavy atom. The molecular weight excluding hydrogens is 278 g/mol. The van der Waals surface area contributed by atoms with E-state index in [1.165, 1.54) is 12.1 Å². The van der Waals surface area contributed by atoms with Crippen molar-refractivity contribution in [1.29, 1.82) is 0 Å². The lowest BCUT2D eigenvalue weighted by atomic mass is 9.99. The number of rotatable bonds is 3. The van der Waals surface area contributed by atoms with Crippen LogP contribution in [0.3, 0.4) is 0 Å². The number of aromatic nitrogens is 1. The summed E-state index contributed by atoms with van der Waals surface area (Å²) >= 11 is 1.59. The fourth-order valence-electron chi connectivity index (χ4n) is 2.26. The van der Waals surface area contributed by atoms with Crippen LogP contribution in [0.5, 0.6) is 0 Å². The topological polar surface area (TPSA) is 24.9 Å². The Labute approximate surface area is 119 Å². The van der Waals surface area contributed by atoms with Gasteiger partial charge in [0.1, 0.15) is 11.6 Å². The van der Waals surface area contributed by atoms with Gasteiger partial charge in [-0.2, -0.15) is 0 Å². The number of benzene rings is 1. The molecule has 1 atom stereocenters. The zero-order valence-corrected chi connectivity index (χ0v) is 11.5. The molecule has 0 spiro atoms. The smallest absolute Gasteiger partial charge is 0.131 e. The Kier molecular flexibility index (Phi) is 3.46. The van der Waals surface area contributed by atoms with Crippen molar-refractivity contribution in [3.05, 3.63) is 64.7 Å². The highest BCUT2D eigenvalue weighted by molar-refractivity contribution is 7.17. The molecule has 102 valence electrons. The molecule has 2 aromatic heterocycles. The second kappa shape index (κ2) is 5.26. The highest BCUT2D eigenvalue weighted by Crippen LogP contribution is 2.28. The molecule has 0 fully saturated rings. The van der Waals surface area contributed by atoms with E-state index in [0.717, 1.165) is 21.8 Å². The van der Waals surface area contributed by atoms with Gasteiger partial charge in [-0.3, -0.25) is 4.98 Å². The molecule has 1 aromatic carbocycles. The molecule has 5 heteroatoms. The maximum Gasteiger partial charge on any atom is 0.131 e. The van der Waals surface area contributed by atoms with E-state index in [1.807, 2.05) is 17.5 Å².